The highest BCUT2D eigenvalue weighted by atomic mass is 16.6. The molecule has 2 rings (SSSR count). The maximum Gasteiger partial charge on any atom is 0.410 e. The number of hydrogen-bond acceptors (Lipinski definition) is 4. The second-order valence-corrected chi connectivity index (χ2v) is 5.59. The Morgan fingerprint density at radius 3 is 2.84 bits per heavy atom. The number of hydrogen-bond donors (Lipinski definition) is 0. The van der Waals surface area contributed by atoms with E-state index in [1.54, 1.807) is 17.3 Å². The van der Waals surface area contributed by atoms with Gasteiger partial charge in [0, 0.05) is 18.9 Å². The van der Waals surface area contributed by atoms with Crippen LogP contribution in [-0.2, 0) is 17.7 Å². The highest BCUT2D eigenvalue weighted by molar-refractivity contribution is 5.68. The summed E-state index contributed by atoms with van der Waals surface area (Å²) in [5.74, 6) is 0. The largest absolute Gasteiger partial charge is 0.444 e. The molecule has 0 aromatic carbocycles. The van der Waals surface area contributed by atoms with E-state index >= 15 is 0 Å². The van der Waals surface area contributed by atoms with Crippen LogP contribution in [0, 0.1) is 11.3 Å². The van der Waals surface area contributed by atoms with Crippen LogP contribution in [0.4, 0.5) is 4.79 Å². The summed E-state index contributed by atoms with van der Waals surface area (Å²) in [4.78, 5) is 17.7. The molecular formula is C14H17N3O2. The Kier molecular flexibility index (Phi) is 3.43. The third-order valence-corrected chi connectivity index (χ3v) is 2.91. The number of carbonyl (C=O) groups excluding carboxylic acids is 1. The summed E-state index contributed by atoms with van der Waals surface area (Å²) in [6, 6.07) is 2.14. The summed E-state index contributed by atoms with van der Waals surface area (Å²) >= 11 is 0. The Hall–Kier alpha value is -2.09. The number of aromatic nitrogens is 1. The molecule has 0 saturated heterocycles. The number of ether oxygens (including phenoxy) is 1. The van der Waals surface area contributed by atoms with E-state index in [-0.39, 0.29) is 6.09 Å². The molecule has 1 aliphatic rings. The van der Waals surface area contributed by atoms with Crippen molar-refractivity contribution in [3.05, 3.63) is 29.1 Å². The van der Waals surface area contributed by atoms with Crippen molar-refractivity contribution in [2.45, 2.75) is 39.3 Å². The van der Waals surface area contributed by atoms with Crippen LogP contribution >= 0.6 is 0 Å². The zero-order valence-electron chi connectivity index (χ0n) is 11.4. The minimum absolute atomic E-state index is 0.319. The van der Waals surface area contributed by atoms with Crippen molar-refractivity contribution in [1.29, 1.82) is 5.26 Å². The Morgan fingerprint density at radius 1 is 1.47 bits per heavy atom. The first-order valence-electron chi connectivity index (χ1n) is 6.24. The normalized spacial score (nSPS) is 14.5. The lowest BCUT2D eigenvalue weighted by atomic mass is 9.98. The van der Waals surface area contributed by atoms with E-state index < -0.39 is 5.60 Å². The van der Waals surface area contributed by atoms with Crippen LogP contribution in [0.5, 0.6) is 0 Å². The second kappa shape index (κ2) is 4.88. The van der Waals surface area contributed by atoms with Crippen LogP contribution in [0.2, 0.25) is 0 Å². The van der Waals surface area contributed by atoms with Crippen LogP contribution in [-0.4, -0.2) is 28.1 Å². The van der Waals surface area contributed by atoms with Gasteiger partial charge in [0.1, 0.15) is 11.7 Å². The Labute approximate surface area is 112 Å². The quantitative estimate of drug-likeness (QED) is 0.716. The maximum absolute atomic E-state index is 12.0. The molecular weight excluding hydrogens is 242 g/mol. The first-order chi connectivity index (χ1) is 8.90. The number of nitriles is 1. The lowest BCUT2D eigenvalue weighted by molar-refractivity contribution is 0.0223. The van der Waals surface area contributed by atoms with E-state index in [0.29, 0.717) is 25.1 Å². The van der Waals surface area contributed by atoms with Crippen molar-refractivity contribution in [2.24, 2.45) is 0 Å². The standard InChI is InChI=1S/C14H17N3O2/c1-14(2,3)19-13(18)17-5-4-12-10(6-15)7-16-8-11(12)9-17/h7-8H,4-5,9H2,1-3H3. The maximum atomic E-state index is 12.0. The molecule has 5 nitrogen and oxygen atoms in total. The van der Waals surface area contributed by atoms with E-state index in [2.05, 4.69) is 11.1 Å². The SMILES string of the molecule is CC(C)(C)OC(=O)N1CCc2c(C#N)cncc2C1. The highest BCUT2D eigenvalue weighted by Crippen LogP contribution is 2.22. The van der Waals surface area contributed by atoms with Gasteiger partial charge in [-0.25, -0.2) is 4.79 Å². The zero-order valence-corrected chi connectivity index (χ0v) is 11.4. The monoisotopic (exact) mass is 259 g/mol. The first-order valence-corrected chi connectivity index (χ1v) is 6.24. The van der Waals surface area contributed by atoms with Crippen LogP contribution in [0.25, 0.3) is 0 Å². The molecule has 0 bridgehead atoms. The van der Waals surface area contributed by atoms with Gasteiger partial charge in [0.05, 0.1) is 12.1 Å². The predicted octanol–water partition coefficient (Wildman–Crippen LogP) is 2.25. The molecule has 19 heavy (non-hydrogen) atoms. The van der Waals surface area contributed by atoms with Crippen molar-refractivity contribution in [2.75, 3.05) is 6.54 Å². The molecule has 100 valence electrons. The Bertz CT molecular complexity index is 541. The fourth-order valence-corrected chi connectivity index (χ4v) is 2.07. The van der Waals surface area contributed by atoms with Crippen molar-refractivity contribution in [3.8, 4) is 6.07 Å². The van der Waals surface area contributed by atoms with Crippen LogP contribution in [0.15, 0.2) is 12.4 Å². The number of carbonyl (C=O) groups is 1. The predicted molar refractivity (Wildman–Crippen MR) is 69.3 cm³/mol. The molecule has 0 saturated carbocycles. The molecule has 1 aromatic rings. The molecule has 1 aliphatic heterocycles. The summed E-state index contributed by atoms with van der Waals surface area (Å²) in [5, 5.41) is 9.03. The summed E-state index contributed by atoms with van der Waals surface area (Å²) in [5.41, 5.74) is 2.03. The van der Waals surface area contributed by atoms with Crippen molar-refractivity contribution in [3.63, 3.8) is 0 Å². The minimum atomic E-state index is -0.496. The van der Waals surface area contributed by atoms with Crippen molar-refractivity contribution < 1.29 is 9.53 Å². The summed E-state index contributed by atoms with van der Waals surface area (Å²) in [6.07, 6.45) is 3.63. The topological polar surface area (TPSA) is 66.2 Å². The van der Waals surface area contributed by atoms with Crippen molar-refractivity contribution >= 4 is 6.09 Å². The van der Waals surface area contributed by atoms with Crippen molar-refractivity contribution in [1.82, 2.24) is 9.88 Å². The van der Waals surface area contributed by atoms with Crippen LogP contribution in [0.1, 0.15) is 37.5 Å². The second-order valence-electron chi connectivity index (χ2n) is 5.59. The van der Waals surface area contributed by atoms with Gasteiger partial charge in [-0.3, -0.25) is 4.98 Å². The molecule has 0 unspecified atom stereocenters. The minimum Gasteiger partial charge on any atom is -0.444 e. The lowest BCUT2D eigenvalue weighted by Crippen LogP contribution is -2.40. The molecule has 5 heteroatoms. The van der Waals surface area contributed by atoms with Gasteiger partial charge in [0.15, 0.2) is 0 Å². The molecule has 1 aromatic heterocycles. The molecule has 0 N–H and O–H groups in total. The fraction of sp³-hybridized carbons (Fsp3) is 0.500. The molecule has 0 fully saturated rings. The smallest absolute Gasteiger partial charge is 0.410 e. The third kappa shape index (κ3) is 3.02. The average molecular weight is 259 g/mol. The molecule has 0 radical (unpaired) electrons. The van der Waals surface area contributed by atoms with E-state index in [1.165, 1.54) is 0 Å². The fourth-order valence-electron chi connectivity index (χ4n) is 2.07. The summed E-state index contributed by atoms with van der Waals surface area (Å²) in [7, 11) is 0. The molecule has 0 atom stereocenters. The molecule has 0 spiro atoms. The van der Waals surface area contributed by atoms with Gasteiger partial charge in [0.2, 0.25) is 0 Å². The molecule has 2 heterocycles. The van der Waals surface area contributed by atoms with Gasteiger partial charge >= 0.3 is 6.09 Å². The first kappa shape index (κ1) is 13.3. The number of rotatable bonds is 0. The number of fused-ring (bicyclic) bond motifs is 1. The van der Waals surface area contributed by atoms with Gasteiger partial charge in [-0.05, 0) is 38.3 Å². The number of nitrogens with zero attached hydrogens (tertiary/aromatic N) is 3. The lowest BCUT2D eigenvalue weighted by Gasteiger charge is -2.31. The van der Waals surface area contributed by atoms with Gasteiger partial charge in [-0.2, -0.15) is 5.26 Å². The summed E-state index contributed by atoms with van der Waals surface area (Å²) in [6.45, 7) is 6.56. The third-order valence-electron chi connectivity index (χ3n) is 2.91. The highest BCUT2D eigenvalue weighted by Gasteiger charge is 2.26. The van der Waals surface area contributed by atoms with Crippen LogP contribution < -0.4 is 0 Å². The van der Waals surface area contributed by atoms with Gasteiger partial charge in [-0.15, -0.1) is 0 Å². The zero-order chi connectivity index (χ0) is 14.0. The summed E-state index contributed by atoms with van der Waals surface area (Å²) < 4.78 is 5.35. The number of amides is 1. The molecule has 1 amide bonds. The van der Waals surface area contributed by atoms with Crippen LogP contribution in [0.3, 0.4) is 0 Å². The van der Waals surface area contributed by atoms with Gasteiger partial charge in [0.25, 0.3) is 0 Å². The van der Waals surface area contributed by atoms with E-state index in [4.69, 9.17) is 10.00 Å². The average Bonchev–Trinajstić information content (AvgIpc) is 2.35. The van der Waals surface area contributed by atoms with Gasteiger partial charge < -0.3 is 9.64 Å². The molecule has 0 aliphatic carbocycles. The van der Waals surface area contributed by atoms with Gasteiger partial charge in [-0.1, -0.05) is 0 Å². The number of pyridine rings is 1. The van der Waals surface area contributed by atoms with E-state index in [0.717, 1.165) is 11.1 Å². The Morgan fingerprint density at radius 2 is 2.21 bits per heavy atom. The Balaban J connectivity index is 2.15. The van der Waals surface area contributed by atoms with E-state index in [1.807, 2.05) is 20.8 Å². The van der Waals surface area contributed by atoms with E-state index in [9.17, 15) is 4.79 Å².